The first-order valence-corrected chi connectivity index (χ1v) is 8.63. The van der Waals surface area contributed by atoms with Crippen molar-refractivity contribution < 1.29 is 9.53 Å². The lowest BCUT2D eigenvalue weighted by molar-refractivity contribution is 0.0950. The standard InChI is InChI=1S/C18H29N3O2/c1-3-21(4-2)11-12-23-16-9-7-15(8-10-16)18(22)20-13-17(19)14-5-6-14/h7-10,14,17H,3-6,11-13,19H2,1-2H3,(H,20,22). The number of carbonyl (C=O) groups excluding carboxylic acids is 1. The number of hydrogen-bond donors (Lipinski definition) is 2. The maximum atomic E-state index is 12.1. The molecular weight excluding hydrogens is 290 g/mol. The Kier molecular flexibility index (Phi) is 6.86. The van der Waals surface area contributed by atoms with Crippen molar-refractivity contribution in [1.29, 1.82) is 0 Å². The van der Waals surface area contributed by atoms with E-state index in [1.807, 2.05) is 12.1 Å². The van der Waals surface area contributed by atoms with Gasteiger partial charge in [0, 0.05) is 24.7 Å². The molecule has 5 heteroatoms. The Balaban J connectivity index is 1.73. The number of ether oxygens (including phenoxy) is 1. The Morgan fingerprint density at radius 2 is 1.96 bits per heavy atom. The van der Waals surface area contributed by atoms with Gasteiger partial charge in [-0.1, -0.05) is 13.8 Å². The topological polar surface area (TPSA) is 67.6 Å². The molecule has 0 heterocycles. The summed E-state index contributed by atoms with van der Waals surface area (Å²) in [5.41, 5.74) is 6.64. The lowest BCUT2D eigenvalue weighted by Gasteiger charge is -2.18. The minimum absolute atomic E-state index is 0.0733. The van der Waals surface area contributed by atoms with Crippen molar-refractivity contribution >= 4 is 5.91 Å². The highest BCUT2D eigenvalue weighted by atomic mass is 16.5. The molecule has 1 aromatic rings. The Morgan fingerprint density at radius 1 is 1.30 bits per heavy atom. The van der Waals surface area contributed by atoms with Crippen LogP contribution in [0.4, 0.5) is 0 Å². The predicted octanol–water partition coefficient (Wildman–Crippen LogP) is 1.87. The zero-order valence-electron chi connectivity index (χ0n) is 14.3. The zero-order valence-corrected chi connectivity index (χ0v) is 14.3. The monoisotopic (exact) mass is 319 g/mol. The summed E-state index contributed by atoms with van der Waals surface area (Å²) in [5.74, 6) is 1.32. The normalized spacial score (nSPS) is 15.5. The molecule has 1 unspecified atom stereocenters. The highest BCUT2D eigenvalue weighted by Crippen LogP contribution is 2.31. The van der Waals surface area contributed by atoms with Crippen molar-refractivity contribution in [2.75, 3.05) is 32.8 Å². The second-order valence-corrected chi connectivity index (χ2v) is 6.11. The Bertz CT molecular complexity index is 482. The number of amides is 1. The van der Waals surface area contributed by atoms with Gasteiger partial charge in [-0.3, -0.25) is 4.79 Å². The van der Waals surface area contributed by atoms with E-state index in [1.54, 1.807) is 12.1 Å². The molecule has 1 aliphatic carbocycles. The van der Waals surface area contributed by atoms with E-state index in [-0.39, 0.29) is 11.9 Å². The summed E-state index contributed by atoms with van der Waals surface area (Å²) in [6.07, 6.45) is 2.38. The summed E-state index contributed by atoms with van der Waals surface area (Å²) in [4.78, 5) is 14.4. The summed E-state index contributed by atoms with van der Waals surface area (Å²) in [7, 11) is 0. The van der Waals surface area contributed by atoms with E-state index >= 15 is 0 Å². The molecule has 128 valence electrons. The molecule has 0 saturated heterocycles. The van der Waals surface area contributed by atoms with E-state index < -0.39 is 0 Å². The third kappa shape index (κ3) is 5.84. The van der Waals surface area contributed by atoms with E-state index in [0.717, 1.165) is 25.4 Å². The number of rotatable bonds is 10. The summed E-state index contributed by atoms with van der Waals surface area (Å²) in [5, 5.41) is 2.90. The molecule has 0 spiro atoms. The Morgan fingerprint density at radius 3 is 2.52 bits per heavy atom. The molecule has 1 aliphatic rings. The molecular formula is C18H29N3O2. The van der Waals surface area contributed by atoms with Gasteiger partial charge >= 0.3 is 0 Å². The first-order chi connectivity index (χ1) is 11.1. The molecule has 5 nitrogen and oxygen atoms in total. The number of nitrogens with two attached hydrogens (primary N) is 1. The molecule has 1 fully saturated rings. The van der Waals surface area contributed by atoms with Crippen molar-refractivity contribution in [2.45, 2.75) is 32.7 Å². The lowest BCUT2D eigenvalue weighted by Crippen LogP contribution is -2.38. The first kappa shape index (κ1) is 17.8. The number of nitrogens with one attached hydrogen (secondary N) is 1. The average molecular weight is 319 g/mol. The third-order valence-electron chi connectivity index (χ3n) is 4.41. The van der Waals surface area contributed by atoms with Crippen molar-refractivity contribution in [1.82, 2.24) is 10.2 Å². The van der Waals surface area contributed by atoms with Crippen molar-refractivity contribution in [3.05, 3.63) is 29.8 Å². The fraction of sp³-hybridized carbons (Fsp3) is 0.611. The van der Waals surface area contributed by atoms with Crippen LogP contribution >= 0.6 is 0 Å². The molecule has 1 amide bonds. The van der Waals surface area contributed by atoms with Crippen LogP contribution in [-0.2, 0) is 0 Å². The largest absolute Gasteiger partial charge is 0.492 e. The van der Waals surface area contributed by atoms with Crippen LogP contribution < -0.4 is 15.8 Å². The summed E-state index contributed by atoms with van der Waals surface area (Å²) in [6.45, 7) is 8.46. The van der Waals surface area contributed by atoms with Gasteiger partial charge in [-0.25, -0.2) is 0 Å². The lowest BCUT2D eigenvalue weighted by atomic mass is 10.1. The van der Waals surface area contributed by atoms with E-state index in [9.17, 15) is 4.79 Å². The molecule has 2 rings (SSSR count). The number of benzene rings is 1. The van der Waals surface area contributed by atoms with E-state index in [1.165, 1.54) is 12.8 Å². The van der Waals surface area contributed by atoms with Crippen LogP contribution in [0, 0.1) is 5.92 Å². The molecule has 3 N–H and O–H groups in total. The Hall–Kier alpha value is -1.59. The summed E-state index contributed by atoms with van der Waals surface area (Å²) < 4.78 is 5.72. The van der Waals surface area contributed by atoms with Gasteiger partial charge < -0.3 is 20.7 Å². The average Bonchev–Trinajstić information content (AvgIpc) is 3.42. The van der Waals surface area contributed by atoms with Crippen molar-refractivity contribution in [2.24, 2.45) is 11.7 Å². The number of likely N-dealkylation sites (N-methyl/N-ethyl adjacent to an activating group) is 1. The fourth-order valence-electron chi connectivity index (χ4n) is 2.54. The molecule has 23 heavy (non-hydrogen) atoms. The van der Waals surface area contributed by atoms with Gasteiger partial charge in [0.1, 0.15) is 12.4 Å². The highest BCUT2D eigenvalue weighted by molar-refractivity contribution is 5.94. The van der Waals surface area contributed by atoms with Crippen molar-refractivity contribution in [3.8, 4) is 5.75 Å². The molecule has 0 radical (unpaired) electrons. The Labute approximate surface area is 139 Å². The smallest absolute Gasteiger partial charge is 0.251 e. The second-order valence-electron chi connectivity index (χ2n) is 6.11. The zero-order chi connectivity index (χ0) is 16.7. The molecule has 1 saturated carbocycles. The van der Waals surface area contributed by atoms with Crippen LogP contribution in [0.15, 0.2) is 24.3 Å². The number of hydrogen-bond acceptors (Lipinski definition) is 4. The maximum absolute atomic E-state index is 12.1. The van der Waals surface area contributed by atoms with Crippen LogP contribution in [0.25, 0.3) is 0 Å². The van der Waals surface area contributed by atoms with Crippen LogP contribution in [0.2, 0.25) is 0 Å². The SMILES string of the molecule is CCN(CC)CCOc1ccc(C(=O)NCC(N)C2CC2)cc1. The molecule has 1 atom stereocenters. The van der Waals surface area contributed by atoms with Crippen LogP contribution in [0.3, 0.4) is 0 Å². The van der Waals surface area contributed by atoms with Gasteiger partial charge in [-0.2, -0.15) is 0 Å². The molecule has 0 bridgehead atoms. The highest BCUT2D eigenvalue weighted by Gasteiger charge is 2.28. The van der Waals surface area contributed by atoms with Crippen LogP contribution in [0.1, 0.15) is 37.0 Å². The van der Waals surface area contributed by atoms with Gasteiger partial charge in [-0.05, 0) is 56.1 Å². The third-order valence-corrected chi connectivity index (χ3v) is 4.41. The molecule has 0 aliphatic heterocycles. The second kappa shape index (κ2) is 8.89. The van der Waals surface area contributed by atoms with E-state index in [0.29, 0.717) is 24.6 Å². The van der Waals surface area contributed by atoms with Gasteiger partial charge in [-0.15, -0.1) is 0 Å². The summed E-state index contributed by atoms with van der Waals surface area (Å²) in [6, 6.07) is 7.37. The minimum atomic E-state index is -0.0733. The first-order valence-electron chi connectivity index (χ1n) is 8.63. The number of nitrogens with zero attached hydrogens (tertiary/aromatic N) is 1. The fourth-order valence-corrected chi connectivity index (χ4v) is 2.54. The maximum Gasteiger partial charge on any atom is 0.251 e. The van der Waals surface area contributed by atoms with E-state index in [4.69, 9.17) is 10.5 Å². The molecule has 0 aromatic heterocycles. The van der Waals surface area contributed by atoms with Gasteiger partial charge in [0.15, 0.2) is 0 Å². The van der Waals surface area contributed by atoms with Crippen LogP contribution in [-0.4, -0.2) is 49.6 Å². The van der Waals surface area contributed by atoms with Gasteiger partial charge in [0.25, 0.3) is 5.91 Å². The molecule has 1 aromatic carbocycles. The quantitative estimate of drug-likeness (QED) is 0.691. The van der Waals surface area contributed by atoms with Gasteiger partial charge in [0.2, 0.25) is 0 Å². The predicted molar refractivity (Wildman–Crippen MR) is 92.8 cm³/mol. The minimum Gasteiger partial charge on any atom is -0.492 e. The van der Waals surface area contributed by atoms with Crippen LogP contribution in [0.5, 0.6) is 5.75 Å². The number of carbonyl (C=O) groups is 1. The van der Waals surface area contributed by atoms with E-state index in [2.05, 4.69) is 24.1 Å². The summed E-state index contributed by atoms with van der Waals surface area (Å²) >= 11 is 0. The van der Waals surface area contributed by atoms with Gasteiger partial charge in [0.05, 0.1) is 0 Å². The van der Waals surface area contributed by atoms with Crippen molar-refractivity contribution in [3.63, 3.8) is 0 Å².